The second-order valence-electron chi connectivity index (χ2n) is 3.08. The van der Waals surface area contributed by atoms with Gasteiger partial charge >= 0.3 is 0 Å². The zero-order valence-corrected chi connectivity index (χ0v) is 6.55. The molecule has 1 heteroatoms. The highest BCUT2D eigenvalue weighted by molar-refractivity contribution is 4.75. The van der Waals surface area contributed by atoms with Crippen molar-refractivity contribution in [3.05, 3.63) is 0 Å². The molecule has 1 aliphatic rings. The molecule has 0 aromatic heterocycles. The molecule has 0 aromatic carbocycles. The second kappa shape index (κ2) is 2.70. The SMILES string of the molecule is CCC1CC(C)[C@H](C)O1. The number of hydrogen-bond acceptors (Lipinski definition) is 1. The van der Waals surface area contributed by atoms with E-state index in [0.29, 0.717) is 12.2 Å². The molecule has 1 saturated heterocycles. The number of rotatable bonds is 1. The van der Waals surface area contributed by atoms with Crippen LogP contribution in [0.3, 0.4) is 0 Å². The Kier molecular flexibility index (Phi) is 2.12. The molecule has 1 aliphatic heterocycles. The van der Waals surface area contributed by atoms with Gasteiger partial charge in [0.15, 0.2) is 0 Å². The summed E-state index contributed by atoms with van der Waals surface area (Å²) in [4.78, 5) is 0. The maximum absolute atomic E-state index is 5.62. The van der Waals surface area contributed by atoms with E-state index < -0.39 is 0 Å². The molecular formula is C8H16O. The van der Waals surface area contributed by atoms with E-state index in [1.807, 2.05) is 0 Å². The Morgan fingerprint density at radius 2 is 2.11 bits per heavy atom. The molecule has 9 heavy (non-hydrogen) atoms. The first-order valence-electron chi connectivity index (χ1n) is 3.89. The Labute approximate surface area is 57.4 Å². The molecule has 0 saturated carbocycles. The van der Waals surface area contributed by atoms with Crippen molar-refractivity contribution < 1.29 is 4.74 Å². The summed E-state index contributed by atoms with van der Waals surface area (Å²) in [6, 6.07) is 0. The molecule has 0 spiro atoms. The topological polar surface area (TPSA) is 9.23 Å². The Morgan fingerprint density at radius 3 is 2.33 bits per heavy atom. The van der Waals surface area contributed by atoms with E-state index in [0.717, 1.165) is 5.92 Å². The van der Waals surface area contributed by atoms with Gasteiger partial charge in [-0.25, -0.2) is 0 Å². The third-order valence-corrected chi connectivity index (χ3v) is 2.30. The summed E-state index contributed by atoms with van der Waals surface area (Å²) in [5, 5.41) is 0. The minimum atomic E-state index is 0.495. The highest BCUT2D eigenvalue weighted by Gasteiger charge is 2.26. The fourth-order valence-electron chi connectivity index (χ4n) is 1.36. The standard InChI is InChI=1S/C8H16O/c1-4-8-5-6(2)7(3)9-8/h6-8H,4-5H2,1-3H3/t6?,7-,8?/m0/s1. The molecule has 1 fully saturated rings. The van der Waals surface area contributed by atoms with Gasteiger partial charge in [0.25, 0.3) is 0 Å². The molecule has 0 bridgehead atoms. The minimum Gasteiger partial charge on any atom is -0.375 e. The molecular weight excluding hydrogens is 112 g/mol. The van der Waals surface area contributed by atoms with Crippen molar-refractivity contribution in [3.8, 4) is 0 Å². The van der Waals surface area contributed by atoms with Gasteiger partial charge in [-0.1, -0.05) is 13.8 Å². The highest BCUT2D eigenvalue weighted by Crippen LogP contribution is 2.26. The average molecular weight is 128 g/mol. The van der Waals surface area contributed by atoms with Crippen LogP contribution in [0.5, 0.6) is 0 Å². The van der Waals surface area contributed by atoms with Crippen molar-refractivity contribution in [2.24, 2.45) is 5.92 Å². The fourth-order valence-corrected chi connectivity index (χ4v) is 1.36. The van der Waals surface area contributed by atoms with E-state index in [2.05, 4.69) is 20.8 Å². The van der Waals surface area contributed by atoms with Crippen LogP contribution in [0.25, 0.3) is 0 Å². The second-order valence-corrected chi connectivity index (χ2v) is 3.08. The summed E-state index contributed by atoms with van der Waals surface area (Å²) in [6.07, 6.45) is 3.48. The Hall–Kier alpha value is -0.0400. The summed E-state index contributed by atoms with van der Waals surface area (Å²) < 4.78 is 5.62. The lowest BCUT2D eigenvalue weighted by Gasteiger charge is -2.07. The molecule has 0 aliphatic carbocycles. The number of hydrogen-bond donors (Lipinski definition) is 0. The van der Waals surface area contributed by atoms with Gasteiger partial charge in [-0.3, -0.25) is 0 Å². The van der Waals surface area contributed by atoms with Crippen LogP contribution in [0, 0.1) is 5.92 Å². The average Bonchev–Trinajstić information content (AvgIpc) is 2.13. The fraction of sp³-hybridized carbons (Fsp3) is 1.00. The van der Waals surface area contributed by atoms with E-state index in [9.17, 15) is 0 Å². The monoisotopic (exact) mass is 128 g/mol. The van der Waals surface area contributed by atoms with Crippen molar-refractivity contribution in [2.75, 3.05) is 0 Å². The summed E-state index contributed by atoms with van der Waals surface area (Å²) in [5.74, 6) is 0.773. The molecule has 0 aromatic rings. The Balaban J connectivity index is 2.35. The Morgan fingerprint density at radius 1 is 1.44 bits per heavy atom. The predicted molar refractivity (Wildman–Crippen MR) is 38.4 cm³/mol. The van der Waals surface area contributed by atoms with Gasteiger partial charge in [-0.2, -0.15) is 0 Å². The van der Waals surface area contributed by atoms with Crippen molar-refractivity contribution >= 4 is 0 Å². The smallest absolute Gasteiger partial charge is 0.0579 e. The predicted octanol–water partition coefficient (Wildman–Crippen LogP) is 2.21. The molecule has 3 atom stereocenters. The molecule has 1 rings (SSSR count). The zero-order chi connectivity index (χ0) is 6.85. The molecule has 0 radical (unpaired) electrons. The van der Waals surface area contributed by atoms with E-state index in [-0.39, 0.29) is 0 Å². The van der Waals surface area contributed by atoms with Crippen LogP contribution < -0.4 is 0 Å². The van der Waals surface area contributed by atoms with Crippen LogP contribution >= 0.6 is 0 Å². The third-order valence-electron chi connectivity index (χ3n) is 2.30. The lowest BCUT2D eigenvalue weighted by molar-refractivity contribution is 0.0460. The lowest BCUT2D eigenvalue weighted by Crippen LogP contribution is -2.08. The van der Waals surface area contributed by atoms with Crippen LogP contribution in [0.1, 0.15) is 33.6 Å². The van der Waals surface area contributed by atoms with Crippen molar-refractivity contribution in [3.63, 3.8) is 0 Å². The van der Waals surface area contributed by atoms with E-state index in [1.54, 1.807) is 0 Å². The zero-order valence-electron chi connectivity index (χ0n) is 6.55. The largest absolute Gasteiger partial charge is 0.375 e. The van der Waals surface area contributed by atoms with Crippen LogP contribution in [-0.2, 0) is 4.74 Å². The van der Waals surface area contributed by atoms with Gasteiger partial charge in [-0.05, 0) is 25.7 Å². The highest BCUT2D eigenvalue weighted by atomic mass is 16.5. The summed E-state index contributed by atoms with van der Waals surface area (Å²) in [5.41, 5.74) is 0. The molecule has 1 nitrogen and oxygen atoms in total. The maximum atomic E-state index is 5.62. The van der Waals surface area contributed by atoms with Crippen LogP contribution in [-0.4, -0.2) is 12.2 Å². The molecule has 0 N–H and O–H groups in total. The molecule has 0 amide bonds. The first kappa shape index (κ1) is 7.07. The van der Waals surface area contributed by atoms with E-state index in [1.165, 1.54) is 12.8 Å². The molecule has 2 unspecified atom stereocenters. The van der Waals surface area contributed by atoms with Crippen LogP contribution in [0.15, 0.2) is 0 Å². The van der Waals surface area contributed by atoms with E-state index >= 15 is 0 Å². The molecule has 1 heterocycles. The summed E-state index contributed by atoms with van der Waals surface area (Å²) >= 11 is 0. The third kappa shape index (κ3) is 1.45. The summed E-state index contributed by atoms with van der Waals surface area (Å²) in [6.45, 7) is 6.62. The van der Waals surface area contributed by atoms with Gasteiger partial charge in [0.1, 0.15) is 0 Å². The molecule has 54 valence electrons. The summed E-state index contributed by atoms with van der Waals surface area (Å²) in [7, 11) is 0. The van der Waals surface area contributed by atoms with Gasteiger partial charge in [0.2, 0.25) is 0 Å². The van der Waals surface area contributed by atoms with Gasteiger partial charge in [0, 0.05) is 0 Å². The van der Waals surface area contributed by atoms with Crippen molar-refractivity contribution in [1.82, 2.24) is 0 Å². The van der Waals surface area contributed by atoms with Gasteiger partial charge in [-0.15, -0.1) is 0 Å². The van der Waals surface area contributed by atoms with Crippen molar-refractivity contribution in [1.29, 1.82) is 0 Å². The quantitative estimate of drug-likeness (QED) is 0.526. The maximum Gasteiger partial charge on any atom is 0.0579 e. The van der Waals surface area contributed by atoms with Crippen LogP contribution in [0.4, 0.5) is 0 Å². The minimum absolute atomic E-state index is 0.495. The first-order chi connectivity index (χ1) is 4.24. The van der Waals surface area contributed by atoms with Gasteiger partial charge in [0.05, 0.1) is 12.2 Å². The normalized spacial score (nSPS) is 43.7. The first-order valence-corrected chi connectivity index (χ1v) is 3.89. The lowest BCUT2D eigenvalue weighted by atomic mass is 10.0. The van der Waals surface area contributed by atoms with E-state index in [4.69, 9.17) is 4.74 Å². The van der Waals surface area contributed by atoms with Crippen molar-refractivity contribution in [2.45, 2.75) is 45.8 Å². The van der Waals surface area contributed by atoms with Crippen LogP contribution in [0.2, 0.25) is 0 Å². The Bertz CT molecular complexity index is 80.6. The van der Waals surface area contributed by atoms with Gasteiger partial charge < -0.3 is 4.74 Å². The number of ether oxygens (including phenoxy) is 1.